The van der Waals surface area contributed by atoms with Crippen LogP contribution in [0.15, 0.2) is 59.7 Å². The van der Waals surface area contributed by atoms with Crippen molar-refractivity contribution in [1.82, 2.24) is 9.55 Å². The monoisotopic (exact) mass is 516 g/mol. The van der Waals surface area contributed by atoms with Crippen LogP contribution in [-0.2, 0) is 11.3 Å². The molecule has 0 unspecified atom stereocenters. The van der Waals surface area contributed by atoms with E-state index >= 15 is 0 Å². The fourth-order valence-corrected chi connectivity index (χ4v) is 5.32. The smallest absolute Gasteiger partial charge is 0.266 e. The Morgan fingerprint density at radius 3 is 2.68 bits per heavy atom. The van der Waals surface area contributed by atoms with Crippen LogP contribution in [0.5, 0.6) is 5.75 Å². The lowest BCUT2D eigenvalue weighted by atomic mass is 10.1. The van der Waals surface area contributed by atoms with Crippen molar-refractivity contribution in [3.63, 3.8) is 0 Å². The predicted molar refractivity (Wildman–Crippen MR) is 142 cm³/mol. The molecule has 0 spiro atoms. The molecule has 2 aromatic carbocycles. The van der Waals surface area contributed by atoms with E-state index in [9.17, 15) is 19.2 Å². The highest BCUT2D eigenvalue weighted by Gasteiger charge is 2.26. The van der Waals surface area contributed by atoms with Crippen LogP contribution in [0.1, 0.15) is 38.9 Å². The van der Waals surface area contributed by atoms with E-state index in [1.165, 1.54) is 10.9 Å². The van der Waals surface area contributed by atoms with E-state index in [0.717, 1.165) is 17.8 Å². The van der Waals surface area contributed by atoms with Gasteiger partial charge in [0.2, 0.25) is 0 Å². The molecule has 9 nitrogen and oxygen atoms in total. The number of thiophene rings is 1. The highest BCUT2D eigenvalue weighted by atomic mass is 32.1. The molecule has 0 saturated carbocycles. The van der Waals surface area contributed by atoms with Crippen LogP contribution in [0.3, 0.4) is 0 Å². The Morgan fingerprint density at radius 1 is 1.14 bits per heavy atom. The van der Waals surface area contributed by atoms with Gasteiger partial charge in [0.1, 0.15) is 10.6 Å². The van der Waals surface area contributed by atoms with Crippen molar-refractivity contribution in [3.05, 3.63) is 81.2 Å². The molecule has 1 N–H and O–H groups in total. The number of nitrogens with one attached hydrogen (secondary N) is 1. The fourth-order valence-electron chi connectivity index (χ4n) is 4.29. The average molecular weight is 517 g/mol. The van der Waals surface area contributed by atoms with Crippen LogP contribution >= 0.6 is 11.3 Å². The first kappa shape index (κ1) is 24.4. The number of aryl methyl sites for hydroxylation is 1. The van der Waals surface area contributed by atoms with Gasteiger partial charge in [0.15, 0.2) is 12.4 Å². The summed E-state index contributed by atoms with van der Waals surface area (Å²) in [6.07, 6.45) is 2.08. The topological polar surface area (TPSA) is 111 Å². The van der Waals surface area contributed by atoms with E-state index in [4.69, 9.17) is 4.74 Å². The zero-order valence-electron chi connectivity index (χ0n) is 20.3. The number of ketones is 1. The summed E-state index contributed by atoms with van der Waals surface area (Å²) in [6, 6.07) is 14.0. The second-order valence-electron chi connectivity index (χ2n) is 8.67. The summed E-state index contributed by atoms with van der Waals surface area (Å²) in [5, 5.41) is 3.15. The quantitative estimate of drug-likeness (QED) is 0.371. The zero-order valence-corrected chi connectivity index (χ0v) is 21.1. The Morgan fingerprint density at radius 2 is 1.92 bits per heavy atom. The molecule has 0 radical (unpaired) electrons. The predicted octanol–water partition coefficient (Wildman–Crippen LogP) is 4.04. The summed E-state index contributed by atoms with van der Waals surface area (Å²) < 4.78 is 6.75. The molecule has 1 aliphatic heterocycles. The van der Waals surface area contributed by atoms with Gasteiger partial charge in [0.05, 0.1) is 28.8 Å². The second kappa shape index (κ2) is 9.98. The molecule has 2 aromatic heterocycles. The number of rotatable bonds is 7. The molecule has 0 aliphatic carbocycles. The van der Waals surface area contributed by atoms with Gasteiger partial charge in [-0.25, -0.2) is 4.98 Å². The van der Waals surface area contributed by atoms with Crippen molar-refractivity contribution in [2.24, 2.45) is 0 Å². The van der Waals surface area contributed by atoms with Gasteiger partial charge in [-0.05, 0) is 49.2 Å². The molecule has 37 heavy (non-hydrogen) atoms. The van der Waals surface area contributed by atoms with E-state index in [-0.39, 0.29) is 30.7 Å². The lowest BCUT2D eigenvalue weighted by molar-refractivity contribution is -0.121. The molecule has 3 heterocycles. The molecule has 0 atom stereocenters. The largest absolute Gasteiger partial charge is 0.482 e. The summed E-state index contributed by atoms with van der Waals surface area (Å²) in [6.45, 7) is 3.92. The minimum absolute atomic E-state index is 0.0350. The SMILES string of the molecule is CCCN1C(=O)COc2ccc(C(=O)Cn3cnc4sc(C(=O)Nc5ccccc5)c(C)c4c3=O)cc21. The number of hydrogen-bond acceptors (Lipinski definition) is 7. The summed E-state index contributed by atoms with van der Waals surface area (Å²) in [4.78, 5) is 58.4. The van der Waals surface area contributed by atoms with Gasteiger partial charge in [0.25, 0.3) is 17.4 Å². The van der Waals surface area contributed by atoms with Gasteiger partial charge in [0, 0.05) is 17.8 Å². The molecule has 0 fully saturated rings. The Balaban J connectivity index is 1.42. The first-order valence-corrected chi connectivity index (χ1v) is 12.6. The summed E-state index contributed by atoms with van der Waals surface area (Å²) in [5.41, 5.74) is 1.68. The van der Waals surface area contributed by atoms with Crippen molar-refractivity contribution in [2.75, 3.05) is 23.4 Å². The number of hydrogen-bond donors (Lipinski definition) is 1. The number of aromatic nitrogens is 2. The molecular weight excluding hydrogens is 492 g/mol. The van der Waals surface area contributed by atoms with Crippen molar-refractivity contribution in [1.29, 1.82) is 0 Å². The average Bonchev–Trinajstić information content (AvgIpc) is 3.24. The number of ether oxygens (including phenoxy) is 1. The number of amides is 2. The van der Waals surface area contributed by atoms with E-state index in [2.05, 4.69) is 10.3 Å². The molecule has 10 heteroatoms. The van der Waals surface area contributed by atoms with Gasteiger partial charge >= 0.3 is 0 Å². The Labute approximate surface area is 216 Å². The number of carbonyl (C=O) groups is 3. The Bertz CT molecular complexity index is 1590. The third kappa shape index (κ3) is 4.63. The lowest BCUT2D eigenvalue weighted by Crippen LogP contribution is -2.39. The molecule has 0 saturated heterocycles. The van der Waals surface area contributed by atoms with Crippen LogP contribution in [-0.4, -0.2) is 40.3 Å². The van der Waals surface area contributed by atoms with Gasteiger partial charge in [-0.3, -0.25) is 23.7 Å². The minimum atomic E-state index is -0.394. The van der Waals surface area contributed by atoms with Gasteiger partial charge in [-0.2, -0.15) is 0 Å². The van der Waals surface area contributed by atoms with E-state index in [1.54, 1.807) is 42.2 Å². The fraction of sp³-hybridized carbons (Fsp3) is 0.222. The van der Waals surface area contributed by atoms with Gasteiger partial charge in [-0.15, -0.1) is 11.3 Å². The van der Waals surface area contributed by atoms with Crippen LogP contribution in [0.4, 0.5) is 11.4 Å². The summed E-state index contributed by atoms with van der Waals surface area (Å²) in [5.74, 6) is -0.253. The van der Waals surface area contributed by atoms with Crippen molar-refractivity contribution in [2.45, 2.75) is 26.8 Å². The standard InChI is InChI=1S/C27H24N4O5S/c1-3-11-31-19-12-17(9-10-21(19)36-14-22(31)33)20(32)13-30-15-28-26-23(27(30)35)16(2)24(37-26)25(34)29-18-7-5-4-6-8-18/h4-10,12,15H,3,11,13-14H2,1-2H3,(H,29,34). The van der Waals surface area contributed by atoms with E-state index in [1.807, 2.05) is 25.1 Å². The van der Waals surface area contributed by atoms with Crippen LogP contribution in [0, 0.1) is 6.92 Å². The highest BCUT2D eigenvalue weighted by molar-refractivity contribution is 7.20. The number of para-hydroxylation sites is 1. The third-order valence-electron chi connectivity index (χ3n) is 6.14. The molecule has 4 aromatic rings. The van der Waals surface area contributed by atoms with E-state index in [0.29, 0.717) is 49.9 Å². The van der Waals surface area contributed by atoms with Crippen LogP contribution in [0.2, 0.25) is 0 Å². The number of carbonyl (C=O) groups excluding carboxylic acids is 3. The lowest BCUT2D eigenvalue weighted by Gasteiger charge is -2.29. The van der Waals surface area contributed by atoms with Gasteiger partial charge in [-0.1, -0.05) is 25.1 Å². The molecule has 1 aliphatic rings. The Kier molecular flexibility index (Phi) is 6.58. The second-order valence-corrected chi connectivity index (χ2v) is 9.67. The maximum Gasteiger partial charge on any atom is 0.266 e. The maximum absolute atomic E-state index is 13.3. The molecular formula is C27H24N4O5S. The molecule has 0 bridgehead atoms. The first-order chi connectivity index (χ1) is 17.9. The number of fused-ring (bicyclic) bond motifs is 2. The Hall–Kier alpha value is -4.31. The summed E-state index contributed by atoms with van der Waals surface area (Å²) >= 11 is 1.14. The molecule has 2 amide bonds. The number of Topliss-reactive ketones (excluding diaryl/α,β-unsaturated/α-hetero) is 1. The number of nitrogens with zero attached hydrogens (tertiary/aromatic N) is 3. The molecule has 5 rings (SSSR count). The van der Waals surface area contributed by atoms with Crippen molar-refractivity contribution < 1.29 is 19.1 Å². The van der Waals surface area contributed by atoms with Crippen LogP contribution in [0.25, 0.3) is 10.2 Å². The first-order valence-electron chi connectivity index (χ1n) is 11.8. The third-order valence-corrected chi connectivity index (χ3v) is 7.34. The molecule has 188 valence electrons. The maximum atomic E-state index is 13.3. The number of anilines is 2. The van der Waals surface area contributed by atoms with E-state index < -0.39 is 5.56 Å². The zero-order chi connectivity index (χ0) is 26.1. The van der Waals surface area contributed by atoms with Gasteiger partial charge < -0.3 is 15.0 Å². The van der Waals surface area contributed by atoms with Crippen molar-refractivity contribution in [3.8, 4) is 5.75 Å². The van der Waals surface area contributed by atoms with Crippen molar-refractivity contribution >= 4 is 50.5 Å². The highest BCUT2D eigenvalue weighted by Crippen LogP contribution is 2.33. The minimum Gasteiger partial charge on any atom is -0.482 e. The van der Waals surface area contributed by atoms with Crippen LogP contribution < -0.4 is 20.5 Å². The summed E-state index contributed by atoms with van der Waals surface area (Å²) in [7, 11) is 0. The normalized spacial score (nSPS) is 12.8. The number of benzene rings is 2.